The van der Waals surface area contributed by atoms with Gasteiger partial charge in [0.15, 0.2) is 5.60 Å². The van der Waals surface area contributed by atoms with Gasteiger partial charge < -0.3 is 35.0 Å². The van der Waals surface area contributed by atoms with Gasteiger partial charge in [-0.1, -0.05) is 6.07 Å². The first-order valence-electron chi connectivity index (χ1n) is 12.6. The van der Waals surface area contributed by atoms with Crippen molar-refractivity contribution in [2.24, 2.45) is 0 Å². The fourth-order valence-electron chi connectivity index (χ4n) is 3.69. The smallest absolute Gasteiger partial charge is 0.336 e. The number of amides is 2. The van der Waals surface area contributed by atoms with Crippen molar-refractivity contribution in [1.82, 2.24) is 9.80 Å². The zero-order chi connectivity index (χ0) is 31.3. The lowest BCUT2D eigenvalue weighted by Crippen LogP contribution is -2.42. The van der Waals surface area contributed by atoms with Gasteiger partial charge in [0, 0.05) is 30.4 Å². The Balaban J connectivity index is 0.000000545. The molecule has 13 heteroatoms. The fourth-order valence-corrected chi connectivity index (χ4v) is 3.69. The maximum Gasteiger partial charge on any atom is 0.336 e. The molecule has 0 radical (unpaired) electrons. The minimum Gasteiger partial charge on any atom is -0.497 e. The third-order valence-corrected chi connectivity index (χ3v) is 5.72. The van der Waals surface area contributed by atoms with E-state index in [0.717, 1.165) is 0 Å². The normalized spacial score (nSPS) is 10.7. The fraction of sp³-hybridized carbons (Fsp3) is 0.393. The first-order valence-corrected chi connectivity index (χ1v) is 12.6. The number of hydrogen-bond acceptors (Lipinski definition) is 8. The third-order valence-electron chi connectivity index (χ3n) is 5.72. The van der Waals surface area contributed by atoms with Gasteiger partial charge in [-0.2, -0.15) is 0 Å². The van der Waals surface area contributed by atoms with Crippen molar-refractivity contribution in [1.29, 1.82) is 0 Å². The Kier molecular flexibility index (Phi) is 13.4. The average Bonchev–Trinajstić information content (AvgIpc) is 2.89. The van der Waals surface area contributed by atoms with Gasteiger partial charge >= 0.3 is 17.9 Å². The largest absolute Gasteiger partial charge is 0.497 e. The van der Waals surface area contributed by atoms with Gasteiger partial charge in [0.2, 0.25) is 5.91 Å². The van der Waals surface area contributed by atoms with Crippen LogP contribution in [-0.4, -0.2) is 106 Å². The molecule has 0 unspecified atom stereocenters. The number of anilines is 2. The molecule has 0 aliphatic carbocycles. The lowest BCUT2D eigenvalue weighted by molar-refractivity contribution is -0.170. The number of carbonyl (C=O) groups is 5. The van der Waals surface area contributed by atoms with E-state index in [1.54, 1.807) is 29.0 Å². The van der Waals surface area contributed by atoms with Crippen LogP contribution in [-0.2, 0) is 19.2 Å². The molecule has 41 heavy (non-hydrogen) atoms. The molecule has 2 amide bonds. The maximum absolute atomic E-state index is 12.9. The summed E-state index contributed by atoms with van der Waals surface area (Å²) in [6.07, 6.45) is -2.29. The van der Waals surface area contributed by atoms with Gasteiger partial charge in [-0.3, -0.25) is 24.1 Å². The molecule has 0 aliphatic rings. The number of carbonyl (C=O) groups excluding carboxylic acids is 2. The SMILES string of the molecule is CCN(CC)C(=O)c1ccc(N(C(=O)CN(C)C)c2cccc(OC)c2)cc1.O=C(O)CC(O)(CC(=O)O)C(=O)O. The summed E-state index contributed by atoms with van der Waals surface area (Å²) in [6, 6.07) is 14.5. The molecule has 0 aliphatic heterocycles. The van der Waals surface area contributed by atoms with Crippen LogP contribution in [0.1, 0.15) is 37.0 Å². The first-order chi connectivity index (χ1) is 19.2. The van der Waals surface area contributed by atoms with Crippen molar-refractivity contribution in [3.05, 3.63) is 54.1 Å². The summed E-state index contributed by atoms with van der Waals surface area (Å²) in [5.74, 6) is -4.42. The Hall–Kier alpha value is -4.49. The van der Waals surface area contributed by atoms with Crippen LogP contribution in [0.25, 0.3) is 0 Å². The summed E-state index contributed by atoms with van der Waals surface area (Å²) in [5, 5.41) is 33.8. The highest BCUT2D eigenvalue weighted by atomic mass is 16.5. The molecule has 0 fully saturated rings. The Morgan fingerprint density at radius 1 is 0.829 bits per heavy atom. The highest BCUT2D eigenvalue weighted by Gasteiger charge is 2.40. The van der Waals surface area contributed by atoms with E-state index in [-0.39, 0.29) is 18.4 Å². The summed E-state index contributed by atoms with van der Waals surface area (Å²) < 4.78 is 5.30. The van der Waals surface area contributed by atoms with Crippen LogP contribution in [0, 0.1) is 0 Å². The third kappa shape index (κ3) is 10.5. The average molecular weight is 576 g/mol. The molecule has 4 N–H and O–H groups in total. The van der Waals surface area contributed by atoms with Crippen LogP contribution in [0.5, 0.6) is 5.75 Å². The second-order valence-corrected chi connectivity index (χ2v) is 9.17. The van der Waals surface area contributed by atoms with E-state index in [2.05, 4.69) is 0 Å². The van der Waals surface area contributed by atoms with E-state index in [9.17, 15) is 24.0 Å². The topological polar surface area (TPSA) is 185 Å². The summed E-state index contributed by atoms with van der Waals surface area (Å²) >= 11 is 0. The van der Waals surface area contributed by atoms with E-state index in [1.807, 2.05) is 69.2 Å². The van der Waals surface area contributed by atoms with E-state index in [0.29, 0.717) is 35.8 Å². The Bertz CT molecular complexity index is 1190. The highest BCUT2D eigenvalue weighted by Crippen LogP contribution is 2.29. The molecule has 0 bridgehead atoms. The van der Waals surface area contributed by atoms with Gasteiger partial charge in [0.1, 0.15) is 5.75 Å². The van der Waals surface area contributed by atoms with Crippen LogP contribution < -0.4 is 9.64 Å². The molecule has 2 aromatic carbocycles. The number of aliphatic hydroxyl groups is 1. The summed E-state index contributed by atoms with van der Waals surface area (Å²) in [5.41, 5.74) is -0.708. The predicted octanol–water partition coefficient (Wildman–Crippen LogP) is 2.16. The highest BCUT2D eigenvalue weighted by molar-refractivity contribution is 6.02. The molecular weight excluding hydrogens is 538 g/mol. The number of aliphatic carboxylic acids is 3. The number of rotatable bonds is 13. The van der Waals surface area contributed by atoms with Crippen molar-refractivity contribution < 1.29 is 49.1 Å². The molecule has 2 rings (SSSR count). The molecule has 224 valence electrons. The Labute approximate surface area is 238 Å². The number of benzene rings is 2. The molecule has 2 aromatic rings. The van der Waals surface area contributed by atoms with Gasteiger partial charge in [-0.15, -0.1) is 0 Å². The predicted molar refractivity (Wildman–Crippen MR) is 149 cm³/mol. The number of methoxy groups -OCH3 is 1. The van der Waals surface area contributed by atoms with E-state index in [4.69, 9.17) is 25.2 Å². The minimum absolute atomic E-state index is 0.0101. The Morgan fingerprint density at radius 3 is 1.78 bits per heavy atom. The van der Waals surface area contributed by atoms with Crippen molar-refractivity contribution in [3.8, 4) is 5.75 Å². The number of carboxylic acid groups (broad SMARTS) is 3. The van der Waals surface area contributed by atoms with E-state index < -0.39 is 36.4 Å². The lowest BCUT2D eigenvalue weighted by Gasteiger charge is -2.25. The number of likely N-dealkylation sites (N-methyl/N-ethyl adjacent to an activating group) is 1. The maximum atomic E-state index is 12.9. The van der Waals surface area contributed by atoms with Crippen LogP contribution in [0.3, 0.4) is 0 Å². The van der Waals surface area contributed by atoms with Crippen molar-refractivity contribution in [3.63, 3.8) is 0 Å². The molecule has 0 saturated carbocycles. The monoisotopic (exact) mass is 575 g/mol. The second kappa shape index (κ2) is 15.9. The van der Waals surface area contributed by atoms with Crippen LogP contribution in [0.2, 0.25) is 0 Å². The van der Waals surface area contributed by atoms with Gasteiger partial charge in [-0.25, -0.2) is 4.79 Å². The standard InChI is InChI=1S/C22H29N3O3.C6H8O7/c1-6-24(7-2)22(27)17-11-13-18(14-12-17)25(21(26)16-23(3)4)19-9-8-10-20(15-19)28-5;7-3(8)1-6(13,5(11)12)2-4(9)10/h8-15H,6-7,16H2,1-5H3;13H,1-2H2,(H,7,8)(H,9,10)(H,11,12). The molecule has 0 saturated heterocycles. The first kappa shape index (κ1) is 34.5. The van der Waals surface area contributed by atoms with Crippen molar-refractivity contribution >= 4 is 41.1 Å². The van der Waals surface area contributed by atoms with Gasteiger partial charge in [0.25, 0.3) is 5.91 Å². The minimum atomic E-state index is -2.74. The molecular formula is C28H37N3O10. The van der Waals surface area contributed by atoms with Gasteiger partial charge in [-0.05, 0) is 64.3 Å². The van der Waals surface area contributed by atoms with Crippen LogP contribution in [0.4, 0.5) is 11.4 Å². The number of carboxylic acids is 3. The Morgan fingerprint density at radius 2 is 1.37 bits per heavy atom. The quantitative estimate of drug-likeness (QED) is 0.274. The van der Waals surface area contributed by atoms with E-state index >= 15 is 0 Å². The van der Waals surface area contributed by atoms with Gasteiger partial charge in [0.05, 0.1) is 32.2 Å². The van der Waals surface area contributed by atoms with Crippen molar-refractivity contribution in [2.75, 3.05) is 45.7 Å². The molecule has 0 spiro atoms. The van der Waals surface area contributed by atoms with Crippen LogP contribution in [0.15, 0.2) is 48.5 Å². The lowest BCUT2D eigenvalue weighted by atomic mass is 9.96. The summed E-state index contributed by atoms with van der Waals surface area (Å²) in [7, 11) is 5.31. The summed E-state index contributed by atoms with van der Waals surface area (Å²) in [6.45, 7) is 5.50. The number of hydrogen-bond donors (Lipinski definition) is 4. The molecule has 0 aromatic heterocycles. The van der Waals surface area contributed by atoms with Crippen LogP contribution >= 0.6 is 0 Å². The zero-order valence-electron chi connectivity index (χ0n) is 23.7. The molecule has 0 heterocycles. The van der Waals surface area contributed by atoms with E-state index in [1.165, 1.54) is 0 Å². The molecule has 13 nitrogen and oxygen atoms in total. The zero-order valence-corrected chi connectivity index (χ0v) is 23.7. The number of ether oxygens (including phenoxy) is 1. The number of nitrogens with zero attached hydrogens (tertiary/aromatic N) is 3. The molecule has 0 atom stereocenters. The van der Waals surface area contributed by atoms with Crippen molar-refractivity contribution in [2.45, 2.75) is 32.3 Å². The second-order valence-electron chi connectivity index (χ2n) is 9.17. The summed E-state index contributed by atoms with van der Waals surface area (Å²) in [4.78, 5) is 61.2.